The Hall–Kier alpha value is -1.10. The van der Waals surface area contributed by atoms with E-state index < -0.39 is 17.0 Å². The summed E-state index contributed by atoms with van der Waals surface area (Å²) in [4.78, 5) is 24.2. The van der Waals surface area contributed by atoms with Crippen LogP contribution in [0.1, 0.15) is 117 Å². The van der Waals surface area contributed by atoms with E-state index in [-0.39, 0.29) is 19.2 Å². The maximum Gasteiger partial charge on any atom is 0.312 e. The van der Waals surface area contributed by atoms with Crippen molar-refractivity contribution in [3.05, 3.63) is 0 Å². The predicted octanol–water partition coefficient (Wildman–Crippen LogP) is 5.72. The van der Waals surface area contributed by atoms with Gasteiger partial charge in [0.25, 0.3) is 0 Å². The van der Waals surface area contributed by atoms with Gasteiger partial charge < -0.3 is 14.6 Å². The summed E-state index contributed by atoms with van der Waals surface area (Å²) in [5.41, 5.74) is -1.62. The van der Waals surface area contributed by atoms with Crippen LogP contribution in [-0.2, 0) is 19.1 Å². The van der Waals surface area contributed by atoms with Crippen molar-refractivity contribution in [3.63, 3.8) is 0 Å². The molecule has 0 saturated carbocycles. The maximum absolute atomic E-state index is 13.0. The number of cyclic esters (lactones) is 1. The zero-order valence-electron chi connectivity index (χ0n) is 19.1. The molecule has 5 nitrogen and oxygen atoms in total. The van der Waals surface area contributed by atoms with Crippen LogP contribution < -0.4 is 0 Å². The van der Waals surface area contributed by atoms with Crippen LogP contribution in [0.3, 0.4) is 0 Å². The van der Waals surface area contributed by atoms with E-state index in [0.717, 1.165) is 38.5 Å². The molecule has 0 aliphatic carbocycles. The Bertz CT molecular complexity index is 460. The van der Waals surface area contributed by atoms with E-state index in [1.54, 1.807) is 0 Å². The van der Waals surface area contributed by atoms with Gasteiger partial charge in [0, 0.05) is 13.3 Å². The zero-order valence-corrected chi connectivity index (χ0v) is 19.1. The van der Waals surface area contributed by atoms with Crippen LogP contribution in [0, 0.1) is 5.41 Å². The summed E-state index contributed by atoms with van der Waals surface area (Å²) in [5.74, 6) is -0.626. The number of unbranched alkanes of at least 4 members (excludes halogenated alkanes) is 10. The van der Waals surface area contributed by atoms with E-state index in [1.165, 1.54) is 58.3 Å². The summed E-state index contributed by atoms with van der Waals surface area (Å²) >= 11 is 0. The maximum atomic E-state index is 13.0. The Morgan fingerprint density at radius 2 is 1.41 bits per heavy atom. The molecule has 0 aromatic carbocycles. The Labute approximate surface area is 177 Å². The summed E-state index contributed by atoms with van der Waals surface area (Å²) in [6, 6.07) is 0. The fourth-order valence-corrected chi connectivity index (χ4v) is 4.47. The van der Waals surface area contributed by atoms with Crippen molar-refractivity contribution in [1.82, 2.24) is 0 Å². The average Bonchev–Trinajstić information content (AvgIpc) is 2.98. The smallest absolute Gasteiger partial charge is 0.312 e. The molecule has 1 rings (SSSR count). The molecule has 170 valence electrons. The van der Waals surface area contributed by atoms with Gasteiger partial charge in [-0.3, -0.25) is 9.59 Å². The molecule has 0 amide bonds. The molecule has 1 saturated heterocycles. The van der Waals surface area contributed by atoms with Gasteiger partial charge >= 0.3 is 11.9 Å². The number of carbonyl (C=O) groups is 2. The van der Waals surface area contributed by atoms with Crippen LogP contribution in [0.2, 0.25) is 0 Å². The highest BCUT2D eigenvalue weighted by atomic mass is 16.6. The minimum Gasteiger partial charge on any atom is -0.462 e. The van der Waals surface area contributed by atoms with E-state index >= 15 is 0 Å². The molecule has 1 N–H and O–H groups in total. The van der Waals surface area contributed by atoms with Crippen molar-refractivity contribution in [3.8, 4) is 0 Å². The standard InChI is InChI=1S/C24H44O5/c1-4-6-8-10-12-14-16-23(17-15-13-11-9-7-5-2)18-24(19-25,29-22(23)27)20-28-21(3)26/h25H,4-20H2,1-3H3. The summed E-state index contributed by atoms with van der Waals surface area (Å²) in [7, 11) is 0. The van der Waals surface area contributed by atoms with E-state index in [4.69, 9.17) is 9.47 Å². The first kappa shape index (κ1) is 25.9. The first-order chi connectivity index (χ1) is 13.9. The number of esters is 2. The van der Waals surface area contributed by atoms with Gasteiger partial charge in [-0.15, -0.1) is 0 Å². The minimum absolute atomic E-state index is 0.0562. The Morgan fingerprint density at radius 3 is 1.86 bits per heavy atom. The number of aliphatic hydroxyl groups excluding tert-OH is 1. The summed E-state index contributed by atoms with van der Waals surface area (Å²) < 4.78 is 10.8. The minimum atomic E-state index is -1.08. The van der Waals surface area contributed by atoms with Gasteiger partial charge in [-0.1, -0.05) is 90.9 Å². The Balaban J connectivity index is 2.69. The van der Waals surface area contributed by atoms with E-state index in [0.29, 0.717) is 6.42 Å². The van der Waals surface area contributed by atoms with Gasteiger partial charge in [-0.25, -0.2) is 0 Å². The molecule has 0 bridgehead atoms. The topological polar surface area (TPSA) is 72.8 Å². The first-order valence-electron chi connectivity index (χ1n) is 11.9. The van der Waals surface area contributed by atoms with Crippen molar-refractivity contribution < 1.29 is 24.2 Å². The molecule has 0 aromatic heterocycles. The van der Waals surface area contributed by atoms with Crippen LogP contribution in [0.15, 0.2) is 0 Å². The second-order valence-electron chi connectivity index (χ2n) is 9.00. The number of hydrogen-bond donors (Lipinski definition) is 1. The van der Waals surface area contributed by atoms with Gasteiger partial charge in [-0.2, -0.15) is 0 Å². The van der Waals surface area contributed by atoms with Gasteiger partial charge in [0.2, 0.25) is 0 Å². The molecule has 1 aliphatic rings. The van der Waals surface area contributed by atoms with Crippen LogP contribution in [0.4, 0.5) is 0 Å². The highest BCUT2D eigenvalue weighted by Gasteiger charge is 2.56. The van der Waals surface area contributed by atoms with Crippen LogP contribution in [0.5, 0.6) is 0 Å². The third-order valence-corrected chi connectivity index (χ3v) is 6.25. The Morgan fingerprint density at radius 1 is 0.931 bits per heavy atom. The number of ether oxygens (including phenoxy) is 2. The molecule has 1 unspecified atom stereocenters. The molecule has 5 heteroatoms. The highest BCUT2D eigenvalue weighted by Crippen LogP contribution is 2.48. The van der Waals surface area contributed by atoms with Crippen molar-refractivity contribution in [2.24, 2.45) is 5.41 Å². The van der Waals surface area contributed by atoms with Gasteiger partial charge in [0.15, 0.2) is 5.60 Å². The highest BCUT2D eigenvalue weighted by molar-refractivity contribution is 5.80. The summed E-state index contributed by atoms with van der Waals surface area (Å²) in [6.45, 7) is 5.39. The van der Waals surface area contributed by atoms with Crippen molar-refractivity contribution in [2.45, 2.75) is 123 Å². The van der Waals surface area contributed by atoms with Crippen LogP contribution in [-0.4, -0.2) is 35.9 Å². The fraction of sp³-hybridized carbons (Fsp3) is 0.917. The monoisotopic (exact) mass is 412 g/mol. The molecule has 1 heterocycles. The lowest BCUT2D eigenvalue weighted by atomic mass is 9.73. The second-order valence-corrected chi connectivity index (χ2v) is 9.00. The average molecular weight is 413 g/mol. The molecule has 0 spiro atoms. The largest absolute Gasteiger partial charge is 0.462 e. The molecule has 0 aromatic rings. The second kappa shape index (κ2) is 14.0. The van der Waals surface area contributed by atoms with Gasteiger partial charge in [0.05, 0.1) is 12.0 Å². The van der Waals surface area contributed by atoms with Gasteiger partial charge in [-0.05, 0) is 12.8 Å². The number of hydrogen-bond acceptors (Lipinski definition) is 5. The molecule has 1 atom stereocenters. The summed E-state index contributed by atoms with van der Waals surface area (Å²) in [6.07, 6.45) is 16.2. The fourth-order valence-electron chi connectivity index (χ4n) is 4.47. The van der Waals surface area contributed by atoms with E-state index in [9.17, 15) is 14.7 Å². The molecular formula is C24H44O5. The van der Waals surface area contributed by atoms with Crippen molar-refractivity contribution in [2.75, 3.05) is 13.2 Å². The number of carbonyl (C=O) groups excluding carboxylic acids is 2. The van der Waals surface area contributed by atoms with E-state index in [2.05, 4.69) is 13.8 Å². The van der Waals surface area contributed by atoms with E-state index in [1.807, 2.05) is 0 Å². The van der Waals surface area contributed by atoms with Crippen molar-refractivity contribution >= 4 is 11.9 Å². The number of aliphatic hydroxyl groups is 1. The number of rotatable bonds is 17. The molecule has 1 aliphatic heterocycles. The first-order valence-corrected chi connectivity index (χ1v) is 11.9. The zero-order chi connectivity index (χ0) is 21.6. The lowest BCUT2D eigenvalue weighted by Crippen LogP contribution is -2.39. The third kappa shape index (κ3) is 9.06. The van der Waals surface area contributed by atoms with Crippen LogP contribution >= 0.6 is 0 Å². The van der Waals surface area contributed by atoms with Crippen molar-refractivity contribution in [1.29, 1.82) is 0 Å². The Kier molecular flexibility index (Phi) is 12.5. The third-order valence-electron chi connectivity index (χ3n) is 6.25. The normalized spacial score (nSPS) is 20.6. The SMILES string of the molecule is CCCCCCCCC1(CCCCCCCC)CC(CO)(COC(C)=O)OC1=O. The molecule has 1 fully saturated rings. The predicted molar refractivity (Wildman–Crippen MR) is 116 cm³/mol. The lowest BCUT2D eigenvalue weighted by molar-refractivity contribution is -0.167. The molecule has 29 heavy (non-hydrogen) atoms. The quantitative estimate of drug-likeness (QED) is 0.244. The summed E-state index contributed by atoms with van der Waals surface area (Å²) in [5, 5.41) is 9.95. The van der Waals surface area contributed by atoms with Gasteiger partial charge in [0.1, 0.15) is 6.61 Å². The molecular weight excluding hydrogens is 368 g/mol. The lowest BCUT2D eigenvalue weighted by Gasteiger charge is -2.28. The van der Waals surface area contributed by atoms with Crippen LogP contribution in [0.25, 0.3) is 0 Å². The molecule has 0 radical (unpaired) electrons.